The first-order chi connectivity index (χ1) is 9.80. The van der Waals surface area contributed by atoms with Gasteiger partial charge in [0.1, 0.15) is 0 Å². The van der Waals surface area contributed by atoms with Gasteiger partial charge < -0.3 is 0 Å². The fourth-order valence-corrected chi connectivity index (χ4v) is 3.48. The van der Waals surface area contributed by atoms with Crippen molar-refractivity contribution in [2.45, 2.75) is 25.3 Å². The van der Waals surface area contributed by atoms with Crippen LogP contribution in [0.15, 0.2) is 51.8 Å². The zero-order valence-corrected chi connectivity index (χ0v) is 14.7. The number of nitrogens with zero attached hydrogens (tertiary/aromatic N) is 1. The molecular weight excluding hydrogens is 350 g/mol. The Hall–Kier alpha value is -1.17. The minimum atomic E-state index is -3.47. The molecule has 0 aliphatic rings. The maximum atomic E-state index is 12.6. The highest BCUT2D eigenvalue weighted by Gasteiger charge is 2.21. The molecule has 0 saturated heterocycles. The van der Waals surface area contributed by atoms with Gasteiger partial charge >= 0.3 is 0 Å². The zero-order valence-electron chi connectivity index (χ0n) is 12.3. The van der Waals surface area contributed by atoms with E-state index in [-0.39, 0.29) is 0 Å². The third-order valence-electron chi connectivity index (χ3n) is 3.36. The molecule has 2 aromatic rings. The molecule has 0 aliphatic heterocycles. The average molecular weight is 368 g/mol. The van der Waals surface area contributed by atoms with Crippen molar-refractivity contribution in [3.05, 3.63) is 63.6 Å². The molecule has 0 atom stereocenters. The van der Waals surface area contributed by atoms with Crippen LogP contribution in [0, 0.1) is 13.8 Å². The fraction of sp³-hybridized carbons (Fsp3) is 0.250. The van der Waals surface area contributed by atoms with Crippen molar-refractivity contribution in [3.8, 4) is 0 Å². The van der Waals surface area contributed by atoms with E-state index in [4.69, 9.17) is 0 Å². The predicted octanol–water partition coefficient (Wildman–Crippen LogP) is 3.89. The van der Waals surface area contributed by atoms with Crippen molar-refractivity contribution in [2.75, 3.05) is 7.05 Å². The van der Waals surface area contributed by atoms with Crippen LogP contribution in [-0.4, -0.2) is 19.8 Å². The largest absolute Gasteiger partial charge is 0.243 e. The summed E-state index contributed by atoms with van der Waals surface area (Å²) >= 11 is 3.39. The Balaban J connectivity index is 2.25. The molecule has 5 heteroatoms. The van der Waals surface area contributed by atoms with Crippen molar-refractivity contribution >= 4 is 26.0 Å². The molecule has 2 aromatic carbocycles. The van der Waals surface area contributed by atoms with Gasteiger partial charge in [-0.1, -0.05) is 45.8 Å². The van der Waals surface area contributed by atoms with E-state index in [0.717, 1.165) is 21.2 Å². The number of hydrogen-bond donors (Lipinski definition) is 0. The quantitative estimate of drug-likeness (QED) is 0.821. The van der Waals surface area contributed by atoms with E-state index >= 15 is 0 Å². The zero-order chi connectivity index (χ0) is 15.6. The lowest BCUT2D eigenvalue weighted by atomic mass is 10.1. The van der Waals surface area contributed by atoms with Gasteiger partial charge in [-0.3, -0.25) is 0 Å². The van der Waals surface area contributed by atoms with Gasteiger partial charge in [-0.05, 0) is 43.2 Å². The lowest BCUT2D eigenvalue weighted by Crippen LogP contribution is -2.26. The number of hydrogen-bond acceptors (Lipinski definition) is 2. The van der Waals surface area contributed by atoms with E-state index in [0.29, 0.717) is 11.4 Å². The van der Waals surface area contributed by atoms with Gasteiger partial charge in [0.25, 0.3) is 0 Å². The maximum absolute atomic E-state index is 12.6. The van der Waals surface area contributed by atoms with E-state index < -0.39 is 10.0 Å². The number of sulfonamides is 1. The first kappa shape index (κ1) is 16.2. The number of benzene rings is 2. The average Bonchev–Trinajstić information content (AvgIpc) is 2.44. The molecule has 0 amide bonds. The third kappa shape index (κ3) is 3.73. The third-order valence-corrected chi connectivity index (χ3v) is 6.05. The van der Waals surface area contributed by atoms with E-state index in [1.54, 1.807) is 25.2 Å². The monoisotopic (exact) mass is 367 g/mol. The molecule has 0 unspecified atom stereocenters. The van der Waals surface area contributed by atoms with Crippen LogP contribution in [0.25, 0.3) is 0 Å². The van der Waals surface area contributed by atoms with Crippen molar-refractivity contribution in [1.29, 1.82) is 0 Å². The summed E-state index contributed by atoms with van der Waals surface area (Å²) in [6.45, 7) is 4.25. The Morgan fingerprint density at radius 3 is 2.24 bits per heavy atom. The highest BCUT2D eigenvalue weighted by atomic mass is 79.9. The summed E-state index contributed by atoms with van der Waals surface area (Å²) in [6.07, 6.45) is 0. The van der Waals surface area contributed by atoms with Crippen LogP contribution in [0.4, 0.5) is 0 Å². The van der Waals surface area contributed by atoms with E-state index in [9.17, 15) is 8.42 Å². The Labute approximate surface area is 134 Å². The molecule has 0 spiro atoms. The van der Waals surface area contributed by atoms with Gasteiger partial charge in [-0.25, -0.2) is 8.42 Å². The van der Waals surface area contributed by atoms with Crippen molar-refractivity contribution in [3.63, 3.8) is 0 Å². The molecule has 0 N–H and O–H groups in total. The van der Waals surface area contributed by atoms with Gasteiger partial charge in [0, 0.05) is 18.1 Å². The summed E-state index contributed by atoms with van der Waals surface area (Å²) in [4.78, 5) is 0.317. The first-order valence-corrected chi connectivity index (χ1v) is 8.82. The number of rotatable bonds is 4. The standard InChI is InChI=1S/C16H18BrNO2S/c1-12-4-6-14(7-5-12)11-18(3)21(19,20)15-8-9-16(17)13(2)10-15/h4-10H,11H2,1-3H3. The van der Waals surface area contributed by atoms with Crippen LogP contribution in [0.1, 0.15) is 16.7 Å². The van der Waals surface area contributed by atoms with E-state index in [1.807, 2.05) is 38.1 Å². The molecule has 0 bridgehead atoms. The van der Waals surface area contributed by atoms with Crippen LogP contribution in [0.3, 0.4) is 0 Å². The van der Waals surface area contributed by atoms with Gasteiger partial charge in [-0.2, -0.15) is 4.31 Å². The van der Waals surface area contributed by atoms with E-state index in [2.05, 4.69) is 15.9 Å². The van der Waals surface area contributed by atoms with E-state index in [1.165, 1.54) is 4.31 Å². The summed E-state index contributed by atoms with van der Waals surface area (Å²) in [5.41, 5.74) is 3.04. The smallest absolute Gasteiger partial charge is 0.207 e. The van der Waals surface area contributed by atoms with Crippen LogP contribution in [-0.2, 0) is 16.6 Å². The second-order valence-corrected chi connectivity index (χ2v) is 8.06. The molecule has 0 heterocycles. The minimum absolute atomic E-state index is 0.317. The van der Waals surface area contributed by atoms with Crippen LogP contribution in [0.2, 0.25) is 0 Å². The summed E-state index contributed by atoms with van der Waals surface area (Å²) in [6, 6.07) is 13.0. The maximum Gasteiger partial charge on any atom is 0.243 e. The SMILES string of the molecule is Cc1ccc(CN(C)S(=O)(=O)c2ccc(Br)c(C)c2)cc1. The predicted molar refractivity (Wildman–Crippen MR) is 88.7 cm³/mol. The molecule has 2 rings (SSSR count). The van der Waals surface area contributed by atoms with Crippen molar-refractivity contribution in [2.24, 2.45) is 0 Å². The lowest BCUT2D eigenvalue weighted by Gasteiger charge is -2.18. The van der Waals surface area contributed by atoms with Crippen LogP contribution in [0.5, 0.6) is 0 Å². The molecule has 0 fully saturated rings. The highest BCUT2D eigenvalue weighted by molar-refractivity contribution is 9.10. The normalized spacial score (nSPS) is 11.9. The molecule has 3 nitrogen and oxygen atoms in total. The Kier molecular flexibility index (Phi) is 4.86. The first-order valence-electron chi connectivity index (χ1n) is 6.59. The van der Waals surface area contributed by atoms with Gasteiger partial charge in [0.05, 0.1) is 4.90 Å². The van der Waals surface area contributed by atoms with Gasteiger partial charge in [0.15, 0.2) is 0 Å². The van der Waals surface area contributed by atoms with Crippen molar-refractivity contribution in [1.82, 2.24) is 4.31 Å². The Bertz CT molecular complexity index is 739. The number of aryl methyl sites for hydroxylation is 2. The summed E-state index contributed by atoms with van der Waals surface area (Å²) < 4.78 is 27.4. The molecule has 0 radical (unpaired) electrons. The summed E-state index contributed by atoms with van der Waals surface area (Å²) in [7, 11) is -1.87. The molecule has 0 saturated carbocycles. The van der Waals surface area contributed by atoms with Crippen LogP contribution >= 0.6 is 15.9 Å². The Morgan fingerprint density at radius 1 is 1.05 bits per heavy atom. The minimum Gasteiger partial charge on any atom is -0.207 e. The fourth-order valence-electron chi connectivity index (χ4n) is 1.99. The molecule has 112 valence electrons. The van der Waals surface area contributed by atoms with Gasteiger partial charge in [-0.15, -0.1) is 0 Å². The molecular formula is C16H18BrNO2S. The number of halogens is 1. The summed E-state index contributed by atoms with van der Waals surface area (Å²) in [5.74, 6) is 0. The van der Waals surface area contributed by atoms with Gasteiger partial charge in [0.2, 0.25) is 10.0 Å². The summed E-state index contributed by atoms with van der Waals surface area (Å²) in [5, 5.41) is 0. The molecule has 0 aromatic heterocycles. The molecule has 21 heavy (non-hydrogen) atoms. The lowest BCUT2D eigenvalue weighted by molar-refractivity contribution is 0.466. The highest BCUT2D eigenvalue weighted by Crippen LogP contribution is 2.23. The molecule has 0 aliphatic carbocycles. The second kappa shape index (κ2) is 6.30. The van der Waals surface area contributed by atoms with Crippen molar-refractivity contribution < 1.29 is 8.42 Å². The second-order valence-electron chi connectivity index (χ2n) is 5.16. The van der Waals surface area contributed by atoms with Crippen LogP contribution < -0.4 is 0 Å². The topological polar surface area (TPSA) is 37.4 Å². The Morgan fingerprint density at radius 2 is 1.67 bits per heavy atom.